The van der Waals surface area contributed by atoms with Crippen LogP contribution in [0.25, 0.3) is 0 Å². The first kappa shape index (κ1) is 49.9. The molecule has 1 fully saturated rings. The Balaban J connectivity index is 2.37. The van der Waals surface area contributed by atoms with Gasteiger partial charge in [-0.05, 0) is 57.8 Å². The molecule has 0 amide bonds. The second-order valence-corrected chi connectivity index (χ2v) is 15.4. The first-order valence-corrected chi connectivity index (χ1v) is 21.9. The Labute approximate surface area is 324 Å². The molecule has 13 heteroatoms. The number of ether oxygens (including phenoxy) is 3. The summed E-state index contributed by atoms with van der Waals surface area (Å²) < 4.78 is 32.0. The summed E-state index contributed by atoms with van der Waals surface area (Å²) in [6.45, 7) is 3.30. The highest BCUT2D eigenvalue weighted by Gasteiger charge is 2.35. The molecule has 0 bridgehead atoms. The summed E-state index contributed by atoms with van der Waals surface area (Å²) in [5, 5.41) is 30.8. The van der Waals surface area contributed by atoms with Crippen LogP contribution in [0.15, 0.2) is 48.6 Å². The standard InChI is InChI=1S/C41H71O12P/c1-3-5-7-8-9-10-11-12-13-14-15-16-17-18-23-27-39(44)50-32-35(33-51-54(47,48)49)52-40(45)28-24-20-19-22-26-36-37(43)31-41(46)53-38(36)30-29-34(42)25-21-6-4-2/h10-13,19,22,29-30,34-38,41-43,46H,3-9,14-18,20-21,23-28,31-33H2,1-2H3,(H2,47,48,49)/b11-10-,13-12-,22-19-,30-29+/t34-,35+,36-,37-,38+,41?/m0/s1. The number of aliphatic hydroxyl groups excluding tert-OH is 3. The van der Waals surface area contributed by atoms with Crippen molar-refractivity contribution in [2.24, 2.45) is 5.92 Å². The molecular formula is C41H71O12P. The van der Waals surface area contributed by atoms with Gasteiger partial charge in [-0.25, -0.2) is 4.57 Å². The average Bonchev–Trinajstić information content (AvgIpc) is 3.12. The molecule has 0 aromatic rings. The summed E-state index contributed by atoms with van der Waals surface area (Å²) in [6, 6.07) is 0. The predicted octanol–water partition coefficient (Wildman–Crippen LogP) is 8.06. The van der Waals surface area contributed by atoms with Gasteiger partial charge >= 0.3 is 19.8 Å². The highest BCUT2D eigenvalue weighted by atomic mass is 31.2. The number of hydrogen-bond acceptors (Lipinski definition) is 10. The Morgan fingerprint density at radius 1 is 0.778 bits per heavy atom. The molecule has 0 aromatic carbocycles. The lowest BCUT2D eigenvalue weighted by molar-refractivity contribution is -0.199. The fraction of sp³-hybridized carbons (Fsp3) is 0.756. The molecular weight excluding hydrogens is 715 g/mol. The number of unbranched alkanes of at least 4 members (excludes halogenated alkanes) is 12. The van der Waals surface area contributed by atoms with Crippen molar-refractivity contribution < 1.29 is 58.0 Å². The molecule has 0 radical (unpaired) electrons. The van der Waals surface area contributed by atoms with Crippen LogP contribution < -0.4 is 0 Å². The zero-order valence-corrected chi connectivity index (χ0v) is 33.8. The van der Waals surface area contributed by atoms with E-state index in [1.165, 1.54) is 25.7 Å². The molecule has 1 unspecified atom stereocenters. The number of carbonyl (C=O) groups excluding carboxylic acids is 2. The number of aliphatic hydroxyl groups is 3. The summed E-state index contributed by atoms with van der Waals surface area (Å²) in [5.74, 6) is -1.42. The van der Waals surface area contributed by atoms with E-state index in [2.05, 4.69) is 42.7 Å². The van der Waals surface area contributed by atoms with Crippen LogP contribution in [0.4, 0.5) is 0 Å². The van der Waals surface area contributed by atoms with Gasteiger partial charge in [0, 0.05) is 25.2 Å². The van der Waals surface area contributed by atoms with Crippen LogP contribution in [0.5, 0.6) is 0 Å². The van der Waals surface area contributed by atoms with Crippen LogP contribution >= 0.6 is 7.82 Å². The fourth-order valence-electron chi connectivity index (χ4n) is 5.99. The topological polar surface area (TPSA) is 189 Å². The Bertz CT molecular complexity index is 1130. The molecule has 1 heterocycles. The third-order valence-electron chi connectivity index (χ3n) is 9.14. The van der Waals surface area contributed by atoms with E-state index >= 15 is 0 Å². The van der Waals surface area contributed by atoms with E-state index in [-0.39, 0.29) is 31.8 Å². The maximum atomic E-state index is 12.5. The number of rotatable bonds is 32. The van der Waals surface area contributed by atoms with Crippen LogP contribution in [0, 0.1) is 5.92 Å². The molecule has 0 aliphatic carbocycles. The Kier molecular flexibility index (Phi) is 29.5. The maximum absolute atomic E-state index is 12.5. The minimum Gasteiger partial charge on any atom is -0.462 e. The lowest BCUT2D eigenvalue weighted by atomic mass is 9.87. The Morgan fingerprint density at radius 2 is 1.39 bits per heavy atom. The molecule has 1 aliphatic heterocycles. The number of phosphoric ester groups is 1. The van der Waals surface area contributed by atoms with E-state index in [4.69, 9.17) is 24.0 Å². The van der Waals surface area contributed by atoms with Gasteiger partial charge in [-0.2, -0.15) is 0 Å². The lowest BCUT2D eigenvalue weighted by Gasteiger charge is -2.36. The molecule has 0 spiro atoms. The van der Waals surface area contributed by atoms with Crippen LogP contribution in [0.2, 0.25) is 0 Å². The SMILES string of the molecule is CCCCCC/C=C\C=C/CCCCCCCC(=O)OC[C@H](COP(=O)(O)O)OC(=O)CCC/C=C\C[C@H]1[C@@H](O)CC(O)O[C@@H]1/C=C/[C@@H](O)CCCCC. The van der Waals surface area contributed by atoms with Crippen LogP contribution in [-0.4, -0.2) is 81.0 Å². The van der Waals surface area contributed by atoms with Crippen molar-refractivity contribution in [3.8, 4) is 0 Å². The molecule has 0 aromatic heterocycles. The van der Waals surface area contributed by atoms with Gasteiger partial charge in [0.2, 0.25) is 0 Å². The highest BCUT2D eigenvalue weighted by molar-refractivity contribution is 7.46. The van der Waals surface area contributed by atoms with Gasteiger partial charge in [0.05, 0.1) is 24.9 Å². The van der Waals surface area contributed by atoms with Gasteiger partial charge in [0.1, 0.15) is 6.61 Å². The van der Waals surface area contributed by atoms with E-state index < -0.39 is 57.1 Å². The van der Waals surface area contributed by atoms with Gasteiger partial charge in [-0.15, -0.1) is 0 Å². The number of phosphoric acid groups is 1. The van der Waals surface area contributed by atoms with E-state index in [0.29, 0.717) is 32.1 Å². The third-order valence-corrected chi connectivity index (χ3v) is 9.63. The molecule has 6 atom stereocenters. The maximum Gasteiger partial charge on any atom is 0.469 e. The van der Waals surface area contributed by atoms with E-state index in [0.717, 1.165) is 57.8 Å². The quantitative estimate of drug-likeness (QED) is 0.0145. The number of esters is 2. The molecule has 312 valence electrons. The smallest absolute Gasteiger partial charge is 0.462 e. The Morgan fingerprint density at radius 3 is 2.07 bits per heavy atom. The average molecular weight is 787 g/mol. The van der Waals surface area contributed by atoms with Crippen LogP contribution in [-0.2, 0) is 32.9 Å². The first-order valence-electron chi connectivity index (χ1n) is 20.3. The zero-order valence-electron chi connectivity index (χ0n) is 32.9. The molecule has 5 N–H and O–H groups in total. The van der Waals surface area contributed by atoms with Gasteiger partial charge in [0.15, 0.2) is 12.4 Å². The van der Waals surface area contributed by atoms with Crippen LogP contribution in [0.1, 0.15) is 149 Å². The summed E-state index contributed by atoms with van der Waals surface area (Å²) in [6.07, 6.45) is 28.8. The van der Waals surface area contributed by atoms with Gasteiger partial charge < -0.3 is 39.3 Å². The van der Waals surface area contributed by atoms with Crippen LogP contribution in [0.3, 0.4) is 0 Å². The third kappa shape index (κ3) is 28.3. The predicted molar refractivity (Wildman–Crippen MR) is 210 cm³/mol. The monoisotopic (exact) mass is 786 g/mol. The molecule has 1 saturated heterocycles. The number of carbonyl (C=O) groups is 2. The second-order valence-electron chi connectivity index (χ2n) is 14.2. The normalized spacial score (nSPS) is 20.7. The second kappa shape index (κ2) is 32.0. The zero-order chi connectivity index (χ0) is 39.9. The van der Waals surface area contributed by atoms with Gasteiger partial charge in [-0.3, -0.25) is 14.1 Å². The van der Waals surface area contributed by atoms with Gasteiger partial charge in [0.25, 0.3) is 0 Å². The van der Waals surface area contributed by atoms with Gasteiger partial charge in [-0.1, -0.05) is 120 Å². The molecule has 1 rings (SSSR count). The van der Waals surface area contributed by atoms with E-state index in [1.807, 2.05) is 12.2 Å². The molecule has 1 aliphatic rings. The highest BCUT2D eigenvalue weighted by Crippen LogP contribution is 2.36. The summed E-state index contributed by atoms with van der Waals surface area (Å²) in [4.78, 5) is 43.0. The number of allylic oxidation sites excluding steroid dienone is 6. The summed E-state index contributed by atoms with van der Waals surface area (Å²) in [5.41, 5.74) is 0. The van der Waals surface area contributed by atoms with Crippen molar-refractivity contribution >= 4 is 19.8 Å². The molecule has 54 heavy (non-hydrogen) atoms. The summed E-state index contributed by atoms with van der Waals surface area (Å²) >= 11 is 0. The minimum atomic E-state index is -4.84. The number of hydrogen-bond donors (Lipinski definition) is 5. The fourth-order valence-corrected chi connectivity index (χ4v) is 6.35. The molecule has 0 saturated carbocycles. The van der Waals surface area contributed by atoms with Crippen molar-refractivity contribution in [1.82, 2.24) is 0 Å². The Hall–Kier alpha value is -2.15. The summed E-state index contributed by atoms with van der Waals surface area (Å²) in [7, 11) is -4.84. The van der Waals surface area contributed by atoms with E-state index in [9.17, 15) is 29.5 Å². The van der Waals surface area contributed by atoms with Crippen molar-refractivity contribution in [3.05, 3.63) is 48.6 Å². The lowest BCUT2D eigenvalue weighted by Crippen LogP contribution is -2.43. The van der Waals surface area contributed by atoms with Crippen molar-refractivity contribution in [1.29, 1.82) is 0 Å². The largest absolute Gasteiger partial charge is 0.469 e. The van der Waals surface area contributed by atoms with Crippen molar-refractivity contribution in [2.45, 2.75) is 179 Å². The van der Waals surface area contributed by atoms with Crippen molar-refractivity contribution in [2.75, 3.05) is 13.2 Å². The minimum absolute atomic E-state index is 0.0129. The van der Waals surface area contributed by atoms with Crippen molar-refractivity contribution in [3.63, 3.8) is 0 Å². The van der Waals surface area contributed by atoms with E-state index in [1.54, 1.807) is 12.2 Å². The first-order chi connectivity index (χ1) is 25.9. The molecule has 12 nitrogen and oxygen atoms in total.